The number of benzene rings is 3. The van der Waals surface area contributed by atoms with Crippen molar-refractivity contribution in [2.75, 3.05) is 34.9 Å². The second kappa shape index (κ2) is 13.5. The molecule has 1 amide bonds. The monoisotopic (exact) mass is 628 g/mol. The lowest BCUT2D eigenvalue weighted by atomic mass is 9.80. The van der Waals surface area contributed by atoms with Crippen LogP contribution in [0.3, 0.4) is 0 Å². The highest BCUT2D eigenvalue weighted by Crippen LogP contribution is 2.42. The quantitative estimate of drug-likeness (QED) is 0.166. The third kappa shape index (κ3) is 6.16. The molecule has 6 rings (SSSR count). The number of nitrogens with zero attached hydrogens (tertiary/aromatic N) is 4. The summed E-state index contributed by atoms with van der Waals surface area (Å²) in [5, 5.41) is 17.4. The lowest BCUT2D eigenvalue weighted by Crippen LogP contribution is -2.66. The zero-order valence-electron chi connectivity index (χ0n) is 26.3. The van der Waals surface area contributed by atoms with Crippen molar-refractivity contribution in [3.63, 3.8) is 0 Å². The number of carbonyl (C=O) groups is 1. The van der Waals surface area contributed by atoms with Crippen molar-refractivity contribution in [3.8, 4) is 11.5 Å². The average molecular weight is 629 g/mol. The fraction of sp³-hybridized carbons (Fsp3) is 0.382. The van der Waals surface area contributed by atoms with Crippen LogP contribution in [0.5, 0.6) is 11.5 Å². The molecule has 12 heteroatoms. The number of nitrogens with one attached hydrogen (secondary N) is 2. The Balaban J connectivity index is 1.27. The third-order valence-corrected chi connectivity index (χ3v) is 8.48. The smallest absolute Gasteiger partial charge is 0.251 e. The Labute approximate surface area is 268 Å². The summed E-state index contributed by atoms with van der Waals surface area (Å²) < 4.78 is 24.3. The number of ether oxygens (including phenoxy) is 4. The van der Waals surface area contributed by atoms with Gasteiger partial charge in [0.15, 0.2) is 12.3 Å². The van der Waals surface area contributed by atoms with Gasteiger partial charge in [0, 0.05) is 20.5 Å². The number of amides is 1. The molecule has 3 aliphatic rings. The second-order valence-corrected chi connectivity index (χ2v) is 11.7. The number of rotatable bonds is 11. The van der Waals surface area contributed by atoms with E-state index in [1.807, 2.05) is 97.9 Å². The Morgan fingerprint density at radius 1 is 1.00 bits per heavy atom. The SMILES string of the molecule is COc1ccc(C(OC[C@H]2O[C@@H](N3C=NC4C(=O)NC(/N=C\N(C)C)NC43)C[C@@H]2O)(c2ccccc2)c2ccc(OC)cc2)cc1. The molecule has 0 bridgehead atoms. The molecule has 12 nitrogen and oxygen atoms in total. The number of carbonyl (C=O) groups excluding carboxylic acids is 1. The molecule has 3 aromatic rings. The van der Waals surface area contributed by atoms with Gasteiger partial charge in [-0.3, -0.25) is 15.1 Å². The van der Waals surface area contributed by atoms with Crippen LogP contribution in [-0.2, 0) is 19.9 Å². The number of hydrogen-bond acceptors (Lipinski definition) is 10. The first-order valence-corrected chi connectivity index (χ1v) is 15.2. The first kappa shape index (κ1) is 31.5. The van der Waals surface area contributed by atoms with E-state index in [1.54, 1.807) is 31.8 Å². The number of aliphatic hydroxyl groups is 1. The topological polar surface area (TPSA) is 129 Å². The predicted molar refractivity (Wildman–Crippen MR) is 173 cm³/mol. The number of aliphatic hydroxyl groups excluding tert-OH is 1. The van der Waals surface area contributed by atoms with E-state index in [-0.39, 0.29) is 12.5 Å². The van der Waals surface area contributed by atoms with Gasteiger partial charge in [0.05, 0.1) is 39.6 Å². The van der Waals surface area contributed by atoms with Crippen LogP contribution in [0.15, 0.2) is 88.8 Å². The number of aliphatic imine (C=N–C) groups is 2. The highest BCUT2D eigenvalue weighted by molar-refractivity contribution is 5.87. The average Bonchev–Trinajstić information content (AvgIpc) is 3.68. The lowest BCUT2D eigenvalue weighted by molar-refractivity contribution is -0.130. The molecule has 242 valence electrons. The summed E-state index contributed by atoms with van der Waals surface area (Å²) in [6, 6.07) is 24.9. The maximum absolute atomic E-state index is 12.8. The molecule has 3 heterocycles. The third-order valence-electron chi connectivity index (χ3n) is 8.48. The fourth-order valence-electron chi connectivity index (χ4n) is 6.14. The van der Waals surface area contributed by atoms with Crippen LogP contribution in [0.1, 0.15) is 23.1 Å². The zero-order valence-corrected chi connectivity index (χ0v) is 26.3. The van der Waals surface area contributed by atoms with E-state index in [4.69, 9.17) is 18.9 Å². The zero-order chi connectivity index (χ0) is 32.3. The van der Waals surface area contributed by atoms with Crippen LogP contribution < -0.4 is 20.1 Å². The van der Waals surface area contributed by atoms with Crippen LogP contribution >= 0.6 is 0 Å². The van der Waals surface area contributed by atoms with Crippen LogP contribution in [0.2, 0.25) is 0 Å². The van der Waals surface area contributed by atoms with Crippen molar-refractivity contribution in [2.45, 2.75) is 49.0 Å². The minimum Gasteiger partial charge on any atom is -0.497 e. The van der Waals surface area contributed by atoms with E-state index in [0.717, 1.165) is 28.2 Å². The molecule has 0 aliphatic carbocycles. The lowest BCUT2D eigenvalue weighted by Gasteiger charge is -2.38. The van der Waals surface area contributed by atoms with Crippen molar-refractivity contribution in [1.29, 1.82) is 0 Å². The minimum absolute atomic E-state index is 0.0768. The summed E-state index contributed by atoms with van der Waals surface area (Å²) in [5.74, 6) is 1.22. The molecule has 0 spiro atoms. The van der Waals surface area contributed by atoms with Crippen LogP contribution in [0.25, 0.3) is 0 Å². The van der Waals surface area contributed by atoms with Crippen LogP contribution in [-0.4, -0.2) is 105 Å². The fourth-order valence-corrected chi connectivity index (χ4v) is 6.14. The standard InChI is InChI=1S/C34H40N6O6/c1-39(2)20-36-33-37-31-30(32(42)38-33)35-21-40(31)29-18-27(41)28(46-29)19-45-34(22-8-6-5-7-9-22,23-10-14-25(43-3)15-11-23)24-12-16-26(44-4)17-13-24/h5-17,20-21,27-31,33,37,41H,18-19H2,1-4H3,(H,38,42)/b36-20-/t27-,28+,29+,30?,31?,33?/m0/s1. The van der Waals surface area contributed by atoms with E-state index >= 15 is 0 Å². The molecule has 6 atom stereocenters. The van der Waals surface area contributed by atoms with Crippen molar-refractivity contribution in [3.05, 3.63) is 95.6 Å². The Kier molecular flexibility index (Phi) is 9.22. The van der Waals surface area contributed by atoms with Gasteiger partial charge in [0.1, 0.15) is 35.6 Å². The summed E-state index contributed by atoms with van der Waals surface area (Å²) >= 11 is 0. The van der Waals surface area contributed by atoms with E-state index in [2.05, 4.69) is 20.6 Å². The van der Waals surface area contributed by atoms with Crippen molar-refractivity contribution >= 4 is 18.6 Å². The highest BCUT2D eigenvalue weighted by Gasteiger charge is 2.48. The first-order chi connectivity index (χ1) is 22.3. The first-order valence-electron chi connectivity index (χ1n) is 15.2. The highest BCUT2D eigenvalue weighted by atomic mass is 16.6. The minimum atomic E-state index is -1.05. The van der Waals surface area contributed by atoms with Gasteiger partial charge in [0.25, 0.3) is 5.91 Å². The predicted octanol–water partition coefficient (Wildman–Crippen LogP) is 2.12. The Hall–Kier alpha value is -4.49. The molecule has 3 unspecified atom stereocenters. The number of methoxy groups -OCH3 is 2. The van der Waals surface area contributed by atoms with E-state index in [1.165, 1.54) is 0 Å². The van der Waals surface area contributed by atoms with Crippen molar-refractivity contribution < 1.29 is 28.8 Å². The maximum atomic E-state index is 12.8. The molecule has 0 aromatic heterocycles. The molecule has 0 saturated carbocycles. The molecule has 2 fully saturated rings. The molecular formula is C34H40N6O6. The van der Waals surface area contributed by atoms with E-state index in [9.17, 15) is 9.90 Å². The van der Waals surface area contributed by atoms with E-state index in [0.29, 0.717) is 6.42 Å². The van der Waals surface area contributed by atoms with Crippen LogP contribution in [0.4, 0.5) is 0 Å². The summed E-state index contributed by atoms with van der Waals surface area (Å²) in [4.78, 5) is 25.3. The maximum Gasteiger partial charge on any atom is 0.251 e. The molecule has 46 heavy (non-hydrogen) atoms. The summed E-state index contributed by atoms with van der Waals surface area (Å²) in [6.45, 7) is 0.0768. The Bertz CT molecular complexity index is 1490. The molecule has 3 N–H and O–H groups in total. The molecule has 2 saturated heterocycles. The normalized spacial score (nSPS) is 25.8. The summed E-state index contributed by atoms with van der Waals surface area (Å²) in [5.41, 5.74) is 1.61. The summed E-state index contributed by atoms with van der Waals surface area (Å²) in [6.07, 6.45) is 0.447. The van der Waals surface area contributed by atoms with Gasteiger partial charge in [-0.1, -0.05) is 54.6 Å². The number of fused-ring (bicyclic) bond motifs is 1. The van der Waals surface area contributed by atoms with Gasteiger partial charge >= 0.3 is 0 Å². The second-order valence-electron chi connectivity index (χ2n) is 11.7. The number of hydrogen-bond donors (Lipinski definition) is 3. The van der Waals surface area contributed by atoms with Crippen LogP contribution in [0, 0.1) is 0 Å². The Morgan fingerprint density at radius 2 is 1.61 bits per heavy atom. The van der Waals surface area contributed by atoms with Gasteiger partial charge in [-0.25, -0.2) is 4.99 Å². The van der Waals surface area contributed by atoms with Gasteiger partial charge in [-0.15, -0.1) is 0 Å². The summed E-state index contributed by atoms with van der Waals surface area (Å²) in [7, 11) is 6.98. The molecule has 3 aromatic carbocycles. The van der Waals surface area contributed by atoms with Gasteiger partial charge in [0.2, 0.25) is 0 Å². The molecular weight excluding hydrogens is 588 g/mol. The van der Waals surface area contributed by atoms with Gasteiger partial charge < -0.3 is 39.2 Å². The van der Waals surface area contributed by atoms with Gasteiger partial charge in [-0.05, 0) is 41.0 Å². The Morgan fingerprint density at radius 3 is 2.20 bits per heavy atom. The van der Waals surface area contributed by atoms with E-state index < -0.39 is 42.5 Å². The molecule has 3 aliphatic heterocycles. The van der Waals surface area contributed by atoms with Gasteiger partial charge in [-0.2, -0.15) is 0 Å². The van der Waals surface area contributed by atoms with Crippen molar-refractivity contribution in [1.82, 2.24) is 20.4 Å². The molecule has 0 radical (unpaired) electrons. The van der Waals surface area contributed by atoms with Crippen molar-refractivity contribution in [2.24, 2.45) is 9.98 Å². The largest absolute Gasteiger partial charge is 0.497 e.